The van der Waals surface area contributed by atoms with Crippen LogP contribution in [0.15, 0.2) is 30.9 Å². The van der Waals surface area contributed by atoms with Crippen molar-refractivity contribution < 1.29 is 14.2 Å². The third-order valence-electron chi connectivity index (χ3n) is 2.73. The lowest BCUT2D eigenvalue weighted by atomic mass is 10.2. The Bertz CT molecular complexity index is 393. The van der Waals surface area contributed by atoms with Gasteiger partial charge in [0.25, 0.3) is 0 Å². The molecular weight excluding hydrogens is 254 g/mol. The van der Waals surface area contributed by atoms with Crippen LogP contribution in [0.4, 0.5) is 0 Å². The number of hydrogen-bond acceptors (Lipinski definition) is 4. The van der Waals surface area contributed by atoms with Crippen molar-refractivity contribution in [2.45, 2.75) is 19.9 Å². The minimum atomic E-state index is 0.610. The molecule has 112 valence electrons. The second-order valence-electron chi connectivity index (χ2n) is 4.27. The van der Waals surface area contributed by atoms with E-state index < -0.39 is 0 Å². The largest absolute Gasteiger partial charge is 0.490 e. The number of ether oxygens (including phenoxy) is 3. The second-order valence-corrected chi connectivity index (χ2v) is 4.27. The summed E-state index contributed by atoms with van der Waals surface area (Å²) in [7, 11) is 1.70. The molecule has 0 saturated heterocycles. The molecule has 1 rings (SSSR count). The minimum Gasteiger partial charge on any atom is -0.490 e. The highest BCUT2D eigenvalue weighted by molar-refractivity contribution is 5.46. The molecule has 0 saturated carbocycles. The SMILES string of the molecule is C=CCCOc1c(CNCCOC)cccc1OCC. The van der Waals surface area contributed by atoms with Crippen molar-refractivity contribution in [1.82, 2.24) is 5.32 Å². The van der Waals surface area contributed by atoms with Gasteiger partial charge in [0.15, 0.2) is 11.5 Å². The Balaban J connectivity index is 2.73. The quantitative estimate of drug-likeness (QED) is 0.499. The molecule has 0 aliphatic heterocycles. The number of rotatable bonds is 11. The molecule has 0 heterocycles. The van der Waals surface area contributed by atoms with Gasteiger partial charge in [0.2, 0.25) is 0 Å². The fourth-order valence-corrected chi connectivity index (χ4v) is 1.78. The van der Waals surface area contributed by atoms with Gasteiger partial charge in [0.1, 0.15) is 0 Å². The van der Waals surface area contributed by atoms with Crippen molar-refractivity contribution in [1.29, 1.82) is 0 Å². The van der Waals surface area contributed by atoms with Crippen molar-refractivity contribution in [2.75, 3.05) is 33.5 Å². The van der Waals surface area contributed by atoms with Crippen LogP contribution in [0.5, 0.6) is 11.5 Å². The molecule has 0 aliphatic rings. The lowest BCUT2D eigenvalue weighted by Crippen LogP contribution is -2.19. The van der Waals surface area contributed by atoms with Crippen LogP contribution >= 0.6 is 0 Å². The van der Waals surface area contributed by atoms with Crippen molar-refractivity contribution >= 4 is 0 Å². The highest BCUT2D eigenvalue weighted by Crippen LogP contribution is 2.31. The zero-order valence-electron chi connectivity index (χ0n) is 12.5. The number of benzene rings is 1. The third-order valence-corrected chi connectivity index (χ3v) is 2.73. The maximum Gasteiger partial charge on any atom is 0.165 e. The molecule has 0 aliphatic carbocycles. The van der Waals surface area contributed by atoms with E-state index in [1.54, 1.807) is 7.11 Å². The molecule has 4 heteroatoms. The molecular formula is C16H25NO3. The summed E-state index contributed by atoms with van der Waals surface area (Å²) >= 11 is 0. The standard InChI is InChI=1S/C16H25NO3/c1-4-6-11-20-16-14(13-17-10-12-18-3)8-7-9-15(16)19-5-2/h4,7-9,17H,1,5-6,10-13H2,2-3H3. The van der Waals surface area contributed by atoms with Gasteiger partial charge in [-0.25, -0.2) is 0 Å². The monoisotopic (exact) mass is 279 g/mol. The first-order valence-corrected chi connectivity index (χ1v) is 7.01. The fraction of sp³-hybridized carbons (Fsp3) is 0.500. The van der Waals surface area contributed by atoms with Crippen LogP contribution < -0.4 is 14.8 Å². The van der Waals surface area contributed by atoms with Crippen molar-refractivity contribution in [3.05, 3.63) is 36.4 Å². The maximum absolute atomic E-state index is 5.85. The van der Waals surface area contributed by atoms with Gasteiger partial charge in [-0.15, -0.1) is 6.58 Å². The fourth-order valence-electron chi connectivity index (χ4n) is 1.78. The van der Waals surface area contributed by atoms with Gasteiger partial charge in [-0.2, -0.15) is 0 Å². The summed E-state index contributed by atoms with van der Waals surface area (Å²) in [5.74, 6) is 1.61. The predicted octanol–water partition coefficient (Wildman–Crippen LogP) is 2.78. The topological polar surface area (TPSA) is 39.7 Å². The number of nitrogens with one attached hydrogen (secondary N) is 1. The molecule has 1 aromatic rings. The van der Waals surface area contributed by atoms with Gasteiger partial charge in [0.05, 0.1) is 19.8 Å². The van der Waals surface area contributed by atoms with E-state index in [2.05, 4.69) is 11.9 Å². The summed E-state index contributed by atoms with van der Waals surface area (Å²) in [6.07, 6.45) is 2.66. The Labute approximate surface area is 121 Å². The molecule has 0 spiro atoms. The normalized spacial score (nSPS) is 10.3. The molecule has 0 fully saturated rings. The van der Waals surface area contributed by atoms with Crippen LogP contribution in [0.1, 0.15) is 18.9 Å². The van der Waals surface area contributed by atoms with E-state index in [0.29, 0.717) is 19.8 Å². The maximum atomic E-state index is 5.85. The van der Waals surface area contributed by atoms with E-state index in [4.69, 9.17) is 14.2 Å². The third kappa shape index (κ3) is 5.63. The second kappa shape index (κ2) is 10.3. The van der Waals surface area contributed by atoms with E-state index in [9.17, 15) is 0 Å². The number of hydrogen-bond donors (Lipinski definition) is 1. The smallest absolute Gasteiger partial charge is 0.165 e. The van der Waals surface area contributed by atoms with E-state index in [0.717, 1.165) is 36.6 Å². The Morgan fingerprint density at radius 1 is 1.25 bits per heavy atom. The first kappa shape index (κ1) is 16.5. The molecule has 0 bridgehead atoms. The molecule has 20 heavy (non-hydrogen) atoms. The molecule has 0 aromatic heterocycles. The van der Waals surface area contributed by atoms with E-state index in [1.807, 2.05) is 31.2 Å². The van der Waals surface area contributed by atoms with E-state index in [1.165, 1.54) is 0 Å². The molecule has 0 radical (unpaired) electrons. The first-order valence-electron chi connectivity index (χ1n) is 7.01. The predicted molar refractivity (Wildman–Crippen MR) is 81.5 cm³/mol. The van der Waals surface area contributed by atoms with Crippen LogP contribution in [0.3, 0.4) is 0 Å². The summed E-state index contributed by atoms with van der Waals surface area (Å²) in [4.78, 5) is 0. The molecule has 0 atom stereocenters. The summed E-state index contributed by atoms with van der Waals surface area (Å²) in [5, 5.41) is 3.32. The van der Waals surface area contributed by atoms with Crippen LogP contribution in [0, 0.1) is 0 Å². The highest BCUT2D eigenvalue weighted by Gasteiger charge is 2.10. The van der Waals surface area contributed by atoms with Gasteiger partial charge < -0.3 is 19.5 Å². The highest BCUT2D eigenvalue weighted by atomic mass is 16.5. The zero-order chi connectivity index (χ0) is 14.6. The average molecular weight is 279 g/mol. The van der Waals surface area contributed by atoms with Crippen LogP contribution in [0.2, 0.25) is 0 Å². The van der Waals surface area contributed by atoms with Crippen molar-refractivity contribution in [2.24, 2.45) is 0 Å². The number of methoxy groups -OCH3 is 1. The van der Waals surface area contributed by atoms with E-state index >= 15 is 0 Å². The van der Waals surface area contributed by atoms with Gasteiger partial charge in [-0.3, -0.25) is 0 Å². The Morgan fingerprint density at radius 2 is 2.10 bits per heavy atom. The summed E-state index contributed by atoms with van der Waals surface area (Å²) in [6.45, 7) is 9.14. The average Bonchev–Trinajstić information content (AvgIpc) is 2.46. The molecule has 4 nitrogen and oxygen atoms in total. The summed E-state index contributed by atoms with van der Waals surface area (Å²) in [6, 6.07) is 5.97. The molecule has 0 amide bonds. The van der Waals surface area contributed by atoms with Crippen molar-refractivity contribution in [3.8, 4) is 11.5 Å². The zero-order valence-corrected chi connectivity index (χ0v) is 12.5. The first-order chi connectivity index (χ1) is 9.83. The van der Waals surface area contributed by atoms with Gasteiger partial charge >= 0.3 is 0 Å². The van der Waals surface area contributed by atoms with Crippen LogP contribution in [-0.4, -0.2) is 33.5 Å². The molecule has 0 unspecified atom stereocenters. The Morgan fingerprint density at radius 3 is 2.80 bits per heavy atom. The lowest BCUT2D eigenvalue weighted by Gasteiger charge is -2.16. The van der Waals surface area contributed by atoms with Crippen LogP contribution in [-0.2, 0) is 11.3 Å². The summed E-state index contributed by atoms with van der Waals surface area (Å²) < 4.78 is 16.5. The minimum absolute atomic E-state index is 0.610. The van der Waals surface area contributed by atoms with E-state index in [-0.39, 0.29) is 0 Å². The van der Waals surface area contributed by atoms with Crippen molar-refractivity contribution in [3.63, 3.8) is 0 Å². The summed E-state index contributed by atoms with van der Waals surface area (Å²) in [5.41, 5.74) is 1.09. The molecule has 1 aromatic carbocycles. The van der Waals surface area contributed by atoms with Gasteiger partial charge in [-0.05, 0) is 19.4 Å². The Hall–Kier alpha value is -1.52. The Kier molecular flexibility index (Phi) is 8.51. The number of para-hydroxylation sites is 1. The van der Waals surface area contributed by atoms with Gasteiger partial charge in [-0.1, -0.05) is 18.2 Å². The lowest BCUT2D eigenvalue weighted by molar-refractivity contribution is 0.199. The van der Waals surface area contributed by atoms with Crippen LogP contribution in [0.25, 0.3) is 0 Å². The van der Waals surface area contributed by atoms with Gasteiger partial charge in [0, 0.05) is 25.8 Å². The molecule has 1 N–H and O–H groups in total.